The summed E-state index contributed by atoms with van der Waals surface area (Å²) in [6.07, 6.45) is 17.0. The van der Waals surface area contributed by atoms with Gasteiger partial charge in [0, 0.05) is 0 Å². The normalized spacial score (nSPS) is 51.1. The molecule has 0 spiro atoms. The standard InChI is InChI=1S/C26H44O/c1-17(2)6-7-18(3)22-10-11-23-21-9-8-19-16-20(27)12-14-25(19,4)24(21)13-15-26(22,23)5/h6-7,17-24,27H,8-16H2,1-5H3/b7-6+/t18-,19-,20-,21+,22+,23+,24-,25-,26-/m0/s1. The highest BCUT2D eigenvalue weighted by Crippen LogP contribution is 2.68. The van der Waals surface area contributed by atoms with Gasteiger partial charge in [-0.3, -0.25) is 0 Å². The zero-order valence-corrected chi connectivity index (χ0v) is 18.6. The lowest BCUT2D eigenvalue weighted by Gasteiger charge is -2.61. The van der Waals surface area contributed by atoms with Crippen molar-refractivity contribution in [1.82, 2.24) is 0 Å². The Bertz CT molecular complexity index is 565. The zero-order valence-electron chi connectivity index (χ0n) is 18.6. The monoisotopic (exact) mass is 372 g/mol. The number of rotatable bonds is 3. The molecule has 4 rings (SSSR count). The highest BCUT2D eigenvalue weighted by atomic mass is 16.3. The summed E-state index contributed by atoms with van der Waals surface area (Å²) in [5, 5.41) is 10.2. The topological polar surface area (TPSA) is 20.2 Å². The van der Waals surface area contributed by atoms with Gasteiger partial charge in [-0.15, -0.1) is 0 Å². The molecule has 0 bridgehead atoms. The molecule has 1 N–H and O–H groups in total. The molecule has 0 saturated heterocycles. The van der Waals surface area contributed by atoms with Crippen LogP contribution in [0.2, 0.25) is 0 Å². The quantitative estimate of drug-likeness (QED) is 0.537. The second-order valence-electron chi connectivity index (χ2n) is 11.8. The Labute approximate surface area is 168 Å². The van der Waals surface area contributed by atoms with E-state index in [2.05, 4.69) is 46.8 Å². The maximum absolute atomic E-state index is 10.2. The second kappa shape index (κ2) is 7.19. The van der Waals surface area contributed by atoms with E-state index in [4.69, 9.17) is 0 Å². The second-order valence-corrected chi connectivity index (χ2v) is 11.8. The van der Waals surface area contributed by atoms with E-state index in [1.54, 1.807) is 0 Å². The molecule has 0 aromatic rings. The summed E-state index contributed by atoms with van der Waals surface area (Å²) >= 11 is 0. The van der Waals surface area contributed by atoms with Crippen LogP contribution in [-0.4, -0.2) is 11.2 Å². The Balaban J connectivity index is 1.54. The highest BCUT2D eigenvalue weighted by Gasteiger charge is 2.60. The van der Waals surface area contributed by atoms with Gasteiger partial charge in [0.25, 0.3) is 0 Å². The van der Waals surface area contributed by atoms with Gasteiger partial charge in [0.2, 0.25) is 0 Å². The lowest BCUT2D eigenvalue weighted by atomic mass is 9.44. The fourth-order valence-electron chi connectivity index (χ4n) is 8.67. The predicted molar refractivity (Wildman–Crippen MR) is 114 cm³/mol. The fraction of sp³-hybridized carbons (Fsp3) is 0.923. The van der Waals surface area contributed by atoms with E-state index in [9.17, 15) is 5.11 Å². The van der Waals surface area contributed by atoms with Gasteiger partial charge in [-0.1, -0.05) is 46.8 Å². The first-order valence-corrected chi connectivity index (χ1v) is 12.1. The van der Waals surface area contributed by atoms with Gasteiger partial charge >= 0.3 is 0 Å². The molecule has 4 fully saturated rings. The molecule has 4 saturated carbocycles. The summed E-state index contributed by atoms with van der Waals surface area (Å²) in [4.78, 5) is 0. The minimum Gasteiger partial charge on any atom is -0.393 e. The van der Waals surface area contributed by atoms with Gasteiger partial charge in [-0.2, -0.15) is 0 Å². The summed E-state index contributed by atoms with van der Waals surface area (Å²) in [5.41, 5.74) is 1.09. The number of hydrogen-bond donors (Lipinski definition) is 1. The van der Waals surface area contributed by atoms with E-state index in [0.717, 1.165) is 48.3 Å². The molecule has 0 radical (unpaired) electrons. The van der Waals surface area contributed by atoms with Crippen LogP contribution in [0.25, 0.3) is 0 Å². The lowest BCUT2D eigenvalue weighted by Crippen LogP contribution is -2.54. The van der Waals surface area contributed by atoms with Crippen molar-refractivity contribution in [2.45, 2.75) is 98.5 Å². The first-order chi connectivity index (χ1) is 12.8. The van der Waals surface area contributed by atoms with E-state index in [0.29, 0.717) is 16.7 Å². The Hall–Kier alpha value is -0.300. The Kier molecular flexibility index (Phi) is 5.32. The Morgan fingerprint density at radius 2 is 1.52 bits per heavy atom. The molecule has 4 aliphatic carbocycles. The SMILES string of the molecule is CC(C)/C=C/[C@H](C)[C@H]1CC[C@@H]2[C@H]3CC[C@H]4C[C@@H](O)CC[C@]4(C)[C@H]3CC[C@]21C. The minimum absolute atomic E-state index is 0.0158. The summed E-state index contributed by atoms with van der Waals surface area (Å²) in [7, 11) is 0. The van der Waals surface area contributed by atoms with Gasteiger partial charge in [-0.05, 0) is 110 Å². The molecule has 154 valence electrons. The van der Waals surface area contributed by atoms with Crippen LogP contribution in [0.3, 0.4) is 0 Å². The lowest BCUT2D eigenvalue weighted by molar-refractivity contribution is -0.128. The van der Waals surface area contributed by atoms with Crippen molar-refractivity contribution in [3.8, 4) is 0 Å². The molecule has 27 heavy (non-hydrogen) atoms. The maximum atomic E-state index is 10.2. The van der Waals surface area contributed by atoms with Crippen LogP contribution in [0.5, 0.6) is 0 Å². The van der Waals surface area contributed by atoms with Crippen LogP contribution < -0.4 is 0 Å². The van der Waals surface area contributed by atoms with E-state index < -0.39 is 0 Å². The molecular formula is C26H44O. The van der Waals surface area contributed by atoms with Crippen LogP contribution in [0, 0.1) is 52.3 Å². The molecule has 1 heteroatoms. The smallest absolute Gasteiger partial charge is 0.0543 e. The molecule has 0 unspecified atom stereocenters. The molecule has 0 aliphatic heterocycles. The molecule has 1 nitrogen and oxygen atoms in total. The number of fused-ring (bicyclic) bond motifs is 5. The van der Waals surface area contributed by atoms with E-state index in [-0.39, 0.29) is 6.10 Å². The van der Waals surface area contributed by atoms with Gasteiger partial charge in [-0.25, -0.2) is 0 Å². The number of aliphatic hydroxyl groups is 1. The molecule has 0 heterocycles. The number of hydrogen-bond acceptors (Lipinski definition) is 1. The van der Waals surface area contributed by atoms with Crippen LogP contribution in [0.15, 0.2) is 12.2 Å². The van der Waals surface area contributed by atoms with Crippen LogP contribution >= 0.6 is 0 Å². The summed E-state index contributed by atoms with van der Waals surface area (Å²) in [6.45, 7) is 12.4. The summed E-state index contributed by atoms with van der Waals surface area (Å²) in [6, 6.07) is 0. The third kappa shape index (κ3) is 3.24. The fourth-order valence-corrected chi connectivity index (χ4v) is 8.67. The third-order valence-corrected chi connectivity index (χ3v) is 10.1. The van der Waals surface area contributed by atoms with Crippen molar-refractivity contribution in [1.29, 1.82) is 0 Å². The van der Waals surface area contributed by atoms with Crippen molar-refractivity contribution in [2.75, 3.05) is 0 Å². The molecule has 9 atom stereocenters. The van der Waals surface area contributed by atoms with Crippen molar-refractivity contribution < 1.29 is 5.11 Å². The van der Waals surface area contributed by atoms with Crippen molar-refractivity contribution >= 4 is 0 Å². The zero-order chi connectivity index (χ0) is 19.4. The average molecular weight is 373 g/mol. The van der Waals surface area contributed by atoms with E-state index in [1.165, 1.54) is 44.9 Å². The van der Waals surface area contributed by atoms with Gasteiger partial charge < -0.3 is 5.11 Å². The predicted octanol–water partition coefficient (Wildman–Crippen LogP) is 6.85. The van der Waals surface area contributed by atoms with Gasteiger partial charge in [0.1, 0.15) is 0 Å². The van der Waals surface area contributed by atoms with E-state index in [1.807, 2.05) is 0 Å². The van der Waals surface area contributed by atoms with Crippen molar-refractivity contribution in [3.63, 3.8) is 0 Å². The van der Waals surface area contributed by atoms with Crippen molar-refractivity contribution in [2.24, 2.45) is 52.3 Å². The molecular weight excluding hydrogens is 328 g/mol. The molecule has 0 aromatic carbocycles. The van der Waals surface area contributed by atoms with E-state index >= 15 is 0 Å². The first kappa shape index (κ1) is 20.0. The summed E-state index contributed by atoms with van der Waals surface area (Å²) in [5.74, 6) is 5.93. The number of aliphatic hydroxyl groups excluding tert-OH is 1. The van der Waals surface area contributed by atoms with Crippen LogP contribution in [0.1, 0.15) is 92.4 Å². The molecule has 4 aliphatic rings. The van der Waals surface area contributed by atoms with Crippen molar-refractivity contribution in [3.05, 3.63) is 12.2 Å². The largest absolute Gasteiger partial charge is 0.393 e. The molecule has 0 aromatic heterocycles. The van der Waals surface area contributed by atoms with Gasteiger partial charge in [0.05, 0.1) is 6.10 Å². The van der Waals surface area contributed by atoms with Gasteiger partial charge in [0.15, 0.2) is 0 Å². The van der Waals surface area contributed by atoms with Crippen LogP contribution in [-0.2, 0) is 0 Å². The highest BCUT2D eigenvalue weighted by molar-refractivity contribution is 5.11. The summed E-state index contributed by atoms with van der Waals surface area (Å²) < 4.78 is 0. The third-order valence-electron chi connectivity index (χ3n) is 10.1. The Morgan fingerprint density at radius 3 is 2.26 bits per heavy atom. The average Bonchev–Trinajstić information content (AvgIpc) is 2.97. The minimum atomic E-state index is -0.0158. The maximum Gasteiger partial charge on any atom is 0.0543 e. The van der Waals surface area contributed by atoms with Crippen LogP contribution in [0.4, 0.5) is 0 Å². The molecule has 0 amide bonds. The first-order valence-electron chi connectivity index (χ1n) is 12.1. The Morgan fingerprint density at radius 1 is 0.815 bits per heavy atom. The number of allylic oxidation sites excluding steroid dienone is 2.